The Labute approximate surface area is 184 Å². The Morgan fingerprint density at radius 3 is 2.39 bits per heavy atom. The zero-order chi connectivity index (χ0) is 21.8. The van der Waals surface area contributed by atoms with Crippen molar-refractivity contribution in [3.05, 3.63) is 65.4 Å². The predicted octanol–water partition coefficient (Wildman–Crippen LogP) is 4.33. The Morgan fingerprint density at radius 1 is 0.968 bits per heavy atom. The zero-order valence-electron chi connectivity index (χ0n) is 17.0. The lowest BCUT2D eigenvalue weighted by Crippen LogP contribution is -2.44. The van der Waals surface area contributed by atoms with E-state index in [1.54, 1.807) is 6.07 Å². The fraction of sp³-hybridized carbons (Fsp3) is 0.227. The van der Waals surface area contributed by atoms with Gasteiger partial charge in [-0.15, -0.1) is 10.2 Å². The summed E-state index contributed by atoms with van der Waals surface area (Å²) in [6, 6.07) is 14.7. The first-order valence-corrected chi connectivity index (χ1v) is 10.3. The number of hydrogen-bond donors (Lipinski definition) is 2. The molecular formula is C22H22ClFN6O. The predicted molar refractivity (Wildman–Crippen MR) is 121 cm³/mol. The number of piperazine rings is 1. The number of benzene rings is 2. The van der Waals surface area contributed by atoms with Crippen molar-refractivity contribution in [3.8, 4) is 11.3 Å². The summed E-state index contributed by atoms with van der Waals surface area (Å²) in [7, 11) is 2.11. The highest BCUT2D eigenvalue weighted by Crippen LogP contribution is 2.23. The molecule has 4 rings (SSSR count). The van der Waals surface area contributed by atoms with E-state index in [0.29, 0.717) is 17.1 Å². The van der Waals surface area contributed by atoms with Gasteiger partial charge >= 0.3 is 6.03 Å². The number of amides is 2. The number of nitrogens with zero attached hydrogens (tertiary/aromatic N) is 4. The molecule has 9 heteroatoms. The lowest BCUT2D eigenvalue weighted by molar-refractivity contribution is 0.262. The molecular weight excluding hydrogens is 419 g/mol. The molecule has 160 valence electrons. The zero-order valence-corrected chi connectivity index (χ0v) is 17.7. The maximum atomic E-state index is 13.3. The van der Waals surface area contributed by atoms with E-state index in [9.17, 15) is 9.18 Å². The van der Waals surface area contributed by atoms with Crippen molar-refractivity contribution in [2.45, 2.75) is 0 Å². The van der Waals surface area contributed by atoms with Crippen molar-refractivity contribution < 1.29 is 9.18 Å². The van der Waals surface area contributed by atoms with Crippen molar-refractivity contribution in [1.29, 1.82) is 0 Å². The number of likely N-dealkylation sites (N-methyl/N-ethyl adjacent to an activating group) is 1. The Hall–Kier alpha value is -3.23. The molecule has 1 aliphatic heterocycles. The van der Waals surface area contributed by atoms with E-state index in [4.69, 9.17) is 11.6 Å². The van der Waals surface area contributed by atoms with Crippen LogP contribution in [0.25, 0.3) is 11.3 Å². The van der Waals surface area contributed by atoms with Gasteiger partial charge in [0.15, 0.2) is 5.82 Å². The molecule has 0 unspecified atom stereocenters. The molecule has 0 aliphatic carbocycles. The molecule has 2 N–H and O–H groups in total. The smallest absolute Gasteiger partial charge is 0.323 e. The van der Waals surface area contributed by atoms with Crippen LogP contribution in [0, 0.1) is 5.82 Å². The Bertz CT molecular complexity index is 1070. The van der Waals surface area contributed by atoms with Crippen LogP contribution in [0.2, 0.25) is 5.02 Å². The molecule has 0 atom stereocenters. The number of rotatable bonds is 4. The number of aromatic nitrogens is 2. The van der Waals surface area contributed by atoms with E-state index in [2.05, 4.69) is 37.7 Å². The largest absolute Gasteiger partial charge is 0.353 e. The number of urea groups is 1. The third kappa shape index (κ3) is 5.28. The SMILES string of the molecule is CN1CCN(c2ccc(-c3cccc(NC(=O)Nc4ccc(F)c(Cl)c4)c3)nn2)CC1. The van der Waals surface area contributed by atoms with Gasteiger partial charge in [-0.25, -0.2) is 9.18 Å². The van der Waals surface area contributed by atoms with Crippen molar-refractivity contribution in [1.82, 2.24) is 15.1 Å². The minimum Gasteiger partial charge on any atom is -0.353 e. The van der Waals surface area contributed by atoms with Crippen LogP contribution in [-0.4, -0.2) is 54.4 Å². The summed E-state index contributed by atoms with van der Waals surface area (Å²) in [5.41, 5.74) is 2.53. The van der Waals surface area contributed by atoms with Crippen LogP contribution < -0.4 is 15.5 Å². The molecule has 2 aromatic carbocycles. The number of nitrogens with one attached hydrogen (secondary N) is 2. The van der Waals surface area contributed by atoms with Gasteiger partial charge in [-0.2, -0.15) is 0 Å². The highest BCUT2D eigenvalue weighted by atomic mass is 35.5. The summed E-state index contributed by atoms with van der Waals surface area (Å²) in [6.45, 7) is 3.86. The first-order chi connectivity index (χ1) is 15.0. The van der Waals surface area contributed by atoms with E-state index >= 15 is 0 Å². The first-order valence-electron chi connectivity index (χ1n) is 9.89. The molecule has 1 aliphatic rings. The van der Waals surface area contributed by atoms with Gasteiger partial charge < -0.3 is 20.4 Å². The lowest BCUT2D eigenvalue weighted by Gasteiger charge is -2.32. The molecule has 1 aromatic heterocycles. The third-order valence-electron chi connectivity index (χ3n) is 5.07. The van der Waals surface area contributed by atoms with Crippen LogP contribution >= 0.6 is 11.6 Å². The van der Waals surface area contributed by atoms with Gasteiger partial charge in [-0.3, -0.25) is 0 Å². The summed E-state index contributed by atoms with van der Waals surface area (Å²) in [5, 5.41) is 14.1. The van der Waals surface area contributed by atoms with Crippen LogP contribution in [-0.2, 0) is 0 Å². The van der Waals surface area contributed by atoms with Crippen LogP contribution in [0.1, 0.15) is 0 Å². The van der Waals surface area contributed by atoms with E-state index in [-0.39, 0.29) is 5.02 Å². The highest BCUT2D eigenvalue weighted by Gasteiger charge is 2.16. The maximum absolute atomic E-state index is 13.3. The van der Waals surface area contributed by atoms with Crippen molar-refractivity contribution in [2.75, 3.05) is 48.8 Å². The molecule has 1 saturated heterocycles. The second-order valence-electron chi connectivity index (χ2n) is 7.36. The third-order valence-corrected chi connectivity index (χ3v) is 5.36. The quantitative estimate of drug-likeness (QED) is 0.631. The van der Waals surface area contributed by atoms with Gasteiger partial charge in [0.1, 0.15) is 5.82 Å². The molecule has 7 nitrogen and oxygen atoms in total. The minimum atomic E-state index is -0.542. The molecule has 0 spiro atoms. The molecule has 0 bridgehead atoms. The number of anilines is 3. The summed E-state index contributed by atoms with van der Waals surface area (Å²) in [5.74, 6) is 0.323. The van der Waals surface area contributed by atoms with E-state index in [0.717, 1.165) is 37.6 Å². The van der Waals surface area contributed by atoms with E-state index in [1.165, 1.54) is 18.2 Å². The van der Waals surface area contributed by atoms with Crippen LogP contribution in [0.5, 0.6) is 0 Å². The maximum Gasteiger partial charge on any atom is 0.323 e. The summed E-state index contributed by atoms with van der Waals surface area (Å²) in [6.07, 6.45) is 0. The molecule has 2 amide bonds. The summed E-state index contributed by atoms with van der Waals surface area (Å²) < 4.78 is 13.3. The Kier molecular flexibility index (Phi) is 6.29. The second-order valence-corrected chi connectivity index (χ2v) is 7.76. The van der Waals surface area contributed by atoms with Gasteiger partial charge in [0.05, 0.1) is 10.7 Å². The Balaban J connectivity index is 1.41. The molecule has 1 fully saturated rings. The molecule has 2 heterocycles. The topological polar surface area (TPSA) is 73.4 Å². The first kappa shape index (κ1) is 21.0. The monoisotopic (exact) mass is 440 g/mol. The van der Waals surface area contributed by atoms with Gasteiger partial charge in [0.2, 0.25) is 0 Å². The minimum absolute atomic E-state index is 0.0570. The number of carbonyl (C=O) groups excluding carboxylic acids is 1. The van der Waals surface area contributed by atoms with Crippen molar-refractivity contribution >= 4 is 34.8 Å². The number of hydrogen-bond acceptors (Lipinski definition) is 5. The second kappa shape index (κ2) is 9.28. The normalized spacial score (nSPS) is 14.4. The van der Waals surface area contributed by atoms with Gasteiger partial charge in [0.25, 0.3) is 0 Å². The fourth-order valence-electron chi connectivity index (χ4n) is 3.31. The standard InChI is InChI=1S/C22H22ClFN6O/c1-29-9-11-30(12-10-29)21-8-7-20(27-28-21)15-3-2-4-16(13-15)25-22(31)26-17-5-6-19(24)18(23)14-17/h2-8,13-14H,9-12H2,1H3,(H2,25,26,31). The van der Waals surface area contributed by atoms with E-state index < -0.39 is 11.8 Å². The van der Waals surface area contributed by atoms with Gasteiger partial charge in [-0.1, -0.05) is 23.7 Å². The van der Waals surface area contributed by atoms with E-state index in [1.807, 2.05) is 30.3 Å². The molecule has 3 aromatic rings. The lowest BCUT2D eigenvalue weighted by atomic mass is 10.1. The highest BCUT2D eigenvalue weighted by molar-refractivity contribution is 6.31. The fourth-order valence-corrected chi connectivity index (χ4v) is 3.49. The molecule has 0 saturated carbocycles. The van der Waals surface area contributed by atoms with Crippen molar-refractivity contribution in [3.63, 3.8) is 0 Å². The molecule has 0 radical (unpaired) electrons. The number of carbonyl (C=O) groups is 1. The summed E-state index contributed by atoms with van der Waals surface area (Å²) >= 11 is 5.75. The number of halogens is 2. The Morgan fingerprint density at radius 2 is 1.71 bits per heavy atom. The van der Waals surface area contributed by atoms with Crippen LogP contribution in [0.4, 0.5) is 26.4 Å². The van der Waals surface area contributed by atoms with Crippen LogP contribution in [0.3, 0.4) is 0 Å². The van der Waals surface area contributed by atoms with Gasteiger partial charge in [-0.05, 0) is 49.5 Å². The molecule has 31 heavy (non-hydrogen) atoms. The van der Waals surface area contributed by atoms with Crippen molar-refractivity contribution in [2.24, 2.45) is 0 Å². The average molecular weight is 441 g/mol. The van der Waals surface area contributed by atoms with Gasteiger partial charge in [0, 0.05) is 43.1 Å². The summed E-state index contributed by atoms with van der Waals surface area (Å²) in [4.78, 5) is 16.8. The van der Waals surface area contributed by atoms with Crippen LogP contribution in [0.15, 0.2) is 54.6 Å². The average Bonchev–Trinajstić information content (AvgIpc) is 2.77.